The SMILES string of the molecule is CC(C)CNCc1ccc(COc2ccc(Br)cc2F)o1. The maximum Gasteiger partial charge on any atom is 0.166 e. The molecule has 0 atom stereocenters. The topological polar surface area (TPSA) is 34.4 Å². The molecule has 5 heteroatoms. The predicted octanol–water partition coefficient (Wildman–Crippen LogP) is 4.51. The van der Waals surface area contributed by atoms with Gasteiger partial charge in [0, 0.05) is 4.47 Å². The molecule has 0 spiro atoms. The fourth-order valence-corrected chi connectivity index (χ4v) is 2.15. The summed E-state index contributed by atoms with van der Waals surface area (Å²) in [5.74, 6) is 1.95. The van der Waals surface area contributed by atoms with Crippen molar-refractivity contribution < 1.29 is 13.5 Å². The first-order valence-electron chi connectivity index (χ1n) is 6.90. The number of nitrogens with one attached hydrogen (secondary N) is 1. The summed E-state index contributed by atoms with van der Waals surface area (Å²) in [6, 6.07) is 8.46. The van der Waals surface area contributed by atoms with E-state index in [1.807, 2.05) is 12.1 Å². The molecule has 1 N–H and O–H groups in total. The normalized spacial score (nSPS) is 11.1. The highest BCUT2D eigenvalue weighted by atomic mass is 79.9. The van der Waals surface area contributed by atoms with E-state index in [4.69, 9.17) is 9.15 Å². The molecule has 21 heavy (non-hydrogen) atoms. The van der Waals surface area contributed by atoms with Crippen LogP contribution in [-0.4, -0.2) is 6.54 Å². The number of benzene rings is 1. The second-order valence-electron chi connectivity index (χ2n) is 5.26. The number of rotatable bonds is 7. The van der Waals surface area contributed by atoms with Crippen LogP contribution in [0, 0.1) is 11.7 Å². The monoisotopic (exact) mass is 355 g/mol. The van der Waals surface area contributed by atoms with Gasteiger partial charge >= 0.3 is 0 Å². The molecule has 1 heterocycles. The molecular formula is C16H19BrFNO2. The number of ether oxygens (including phenoxy) is 1. The molecule has 0 unspecified atom stereocenters. The molecule has 3 nitrogen and oxygen atoms in total. The predicted molar refractivity (Wildman–Crippen MR) is 83.7 cm³/mol. The summed E-state index contributed by atoms with van der Waals surface area (Å²) in [5.41, 5.74) is 0. The van der Waals surface area contributed by atoms with Gasteiger partial charge in [0.15, 0.2) is 11.6 Å². The Bertz CT molecular complexity index is 583. The van der Waals surface area contributed by atoms with Crippen LogP contribution < -0.4 is 10.1 Å². The lowest BCUT2D eigenvalue weighted by atomic mass is 10.2. The summed E-state index contributed by atoms with van der Waals surface area (Å²) in [5, 5.41) is 3.30. The van der Waals surface area contributed by atoms with Crippen LogP contribution in [0.1, 0.15) is 25.4 Å². The molecule has 2 aromatic rings. The summed E-state index contributed by atoms with van der Waals surface area (Å²) < 4.78 is 25.3. The van der Waals surface area contributed by atoms with Crippen molar-refractivity contribution in [3.8, 4) is 5.75 Å². The number of halogens is 2. The van der Waals surface area contributed by atoms with E-state index in [-0.39, 0.29) is 12.4 Å². The van der Waals surface area contributed by atoms with Crippen molar-refractivity contribution in [2.75, 3.05) is 6.54 Å². The summed E-state index contributed by atoms with van der Waals surface area (Å²) in [4.78, 5) is 0. The van der Waals surface area contributed by atoms with Gasteiger partial charge in [-0.05, 0) is 42.8 Å². The molecule has 0 amide bonds. The molecule has 1 aromatic carbocycles. The molecule has 0 saturated heterocycles. The Hall–Kier alpha value is -1.33. The van der Waals surface area contributed by atoms with Gasteiger partial charge in [0.05, 0.1) is 6.54 Å². The Morgan fingerprint density at radius 1 is 1.24 bits per heavy atom. The fourth-order valence-electron chi connectivity index (χ4n) is 1.82. The minimum Gasteiger partial charge on any atom is -0.483 e. The number of hydrogen-bond donors (Lipinski definition) is 1. The Morgan fingerprint density at radius 2 is 2.00 bits per heavy atom. The number of furan rings is 1. The van der Waals surface area contributed by atoms with E-state index >= 15 is 0 Å². The highest BCUT2D eigenvalue weighted by Crippen LogP contribution is 2.22. The highest BCUT2D eigenvalue weighted by molar-refractivity contribution is 9.10. The van der Waals surface area contributed by atoms with E-state index in [0.717, 1.165) is 12.3 Å². The molecule has 0 aliphatic carbocycles. The van der Waals surface area contributed by atoms with Gasteiger partial charge in [-0.15, -0.1) is 0 Å². The molecule has 0 aliphatic rings. The van der Waals surface area contributed by atoms with Gasteiger partial charge in [0.25, 0.3) is 0 Å². The van der Waals surface area contributed by atoms with Crippen LogP contribution in [0.25, 0.3) is 0 Å². The third kappa shape index (κ3) is 5.17. The molecule has 0 fully saturated rings. The maximum absolute atomic E-state index is 13.6. The van der Waals surface area contributed by atoms with Crippen LogP contribution in [0.5, 0.6) is 5.75 Å². The van der Waals surface area contributed by atoms with Gasteiger partial charge in [0.1, 0.15) is 18.1 Å². The van der Waals surface area contributed by atoms with Crippen molar-refractivity contribution in [2.24, 2.45) is 5.92 Å². The minimum absolute atomic E-state index is 0.211. The van der Waals surface area contributed by atoms with Gasteiger partial charge in [-0.1, -0.05) is 29.8 Å². The fraction of sp³-hybridized carbons (Fsp3) is 0.375. The lowest BCUT2D eigenvalue weighted by Crippen LogP contribution is -2.18. The van der Waals surface area contributed by atoms with E-state index < -0.39 is 5.82 Å². The second kappa shape index (κ2) is 7.61. The quantitative estimate of drug-likeness (QED) is 0.793. The molecule has 0 aliphatic heterocycles. The summed E-state index contributed by atoms with van der Waals surface area (Å²) in [7, 11) is 0. The summed E-state index contributed by atoms with van der Waals surface area (Å²) in [6.45, 7) is 6.15. The smallest absolute Gasteiger partial charge is 0.166 e. The lowest BCUT2D eigenvalue weighted by molar-refractivity contribution is 0.254. The van der Waals surface area contributed by atoms with E-state index in [0.29, 0.717) is 22.7 Å². The first-order valence-corrected chi connectivity index (χ1v) is 7.70. The summed E-state index contributed by atoms with van der Waals surface area (Å²) in [6.07, 6.45) is 0. The van der Waals surface area contributed by atoms with Crippen molar-refractivity contribution in [3.05, 3.63) is 52.1 Å². The van der Waals surface area contributed by atoms with E-state index in [1.54, 1.807) is 12.1 Å². The Morgan fingerprint density at radius 3 is 2.71 bits per heavy atom. The average molecular weight is 356 g/mol. The van der Waals surface area contributed by atoms with Crippen molar-refractivity contribution >= 4 is 15.9 Å². The van der Waals surface area contributed by atoms with Crippen LogP contribution >= 0.6 is 15.9 Å². The average Bonchev–Trinajstić information content (AvgIpc) is 2.85. The van der Waals surface area contributed by atoms with Gasteiger partial charge in [-0.25, -0.2) is 4.39 Å². The zero-order valence-electron chi connectivity index (χ0n) is 12.2. The van der Waals surface area contributed by atoms with Crippen molar-refractivity contribution in [1.29, 1.82) is 0 Å². The zero-order valence-corrected chi connectivity index (χ0v) is 13.7. The van der Waals surface area contributed by atoms with Crippen LogP contribution in [-0.2, 0) is 13.2 Å². The van der Waals surface area contributed by atoms with E-state index in [1.165, 1.54) is 6.07 Å². The second-order valence-corrected chi connectivity index (χ2v) is 6.17. The molecule has 114 valence electrons. The standard InChI is InChI=1S/C16H19BrFNO2/c1-11(2)8-19-9-13-4-5-14(21-13)10-20-16-6-3-12(17)7-15(16)18/h3-7,11,19H,8-10H2,1-2H3. The van der Waals surface area contributed by atoms with Crippen LogP contribution in [0.4, 0.5) is 4.39 Å². The third-order valence-corrected chi connectivity index (χ3v) is 3.33. The Labute approximate surface area is 132 Å². The Balaban J connectivity index is 1.85. The van der Waals surface area contributed by atoms with Crippen LogP contribution in [0.15, 0.2) is 39.2 Å². The van der Waals surface area contributed by atoms with Crippen LogP contribution in [0.3, 0.4) is 0 Å². The first-order chi connectivity index (χ1) is 10.0. The van der Waals surface area contributed by atoms with Gasteiger partial charge < -0.3 is 14.5 Å². The molecule has 0 radical (unpaired) electrons. The molecular weight excluding hydrogens is 337 g/mol. The highest BCUT2D eigenvalue weighted by Gasteiger charge is 2.07. The first kappa shape index (κ1) is 16.0. The Kier molecular flexibility index (Phi) is 5.82. The summed E-state index contributed by atoms with van der Waals surface area (Å²) >= 11 is 3.21. The van der Waals surface area contributed by atoms with Crippen molar-refractivity contribution in [1.82, 2.24) is 5.32 Å². The van der Waals surface area contributed by atoms with Crippen molar-refractivity contribution in [3.63, 3.8) is 0 Å². The maximum atomic E-state index is 13.6. The van der Waals surface area contributed by atoms with E-state index in [2.05, 4.69) is 35.1 Å². The lowest BCUT2D eigenvalue weighted by Gasteiger charge is -2.06. The van der Waals surface area contributed by atoms with Gasteiger partial charge in [0.2, 0.25) is 0 Å². The third-order valence-electron chi connectivity index (χ3n) is 2.83. The van der Waals surface area contributed by atoms with E-state index in [9.17, 15) is 4.39 Å². The molecule has 2 rings (SSSR count). The molecule has 1 aromatic heterocycles. The van der Waals surface area contributed by atoms with Crippen molar-refractivity contribution in [2.45, 2.75) is 27.0 Å². The number of hydrogen-bond acceptors (Lipinski definition) is 3. The van der Waals surface area contributed by atoms with Gasteiger partial charge in [-0.3, -0.25) is 0 Å². The zero-order chi connectivity index (χ0) is 15.2. The molecule has 0 saturated carbocycles. The minimum atomic E-state index is -0.394. The van der Waals surface area contributed by atoms with Gasteiger partial charge in [-0.2, -0.15) is 0 Å². The van der Waals surface area contributed by atoms with Crippen LogP contribution in [0.2, 0.25) is 0 Å². The molecule has 0 bridgehead atoms. The largest absolute Gasteiger partial charge is 0.483 e.